The van der Waals surface area contributed by atoms with Gasteiger partial charge >= 0.3 is 6.09 Å². The van der Waals surface area contributed by atoms with Crippen molar-refractivity contribution in [1.82, 2.24) is 14.8 Å². The standard InChI is InChI=1S/C17H29N3O2/c1-13(15-7-6-9-18-15)19(5)11-14-8-10-20(12-14)16(21)22-17(2,3)4/h6-7,9,13-14,18H,8,10-12H2,1-5H3/t13-,14+/m0/s1. The van der Waals surface area contributed by atoms with Gasteiger partial charge in [-0.2, -0.15) is 0 Å². The van der Waals surface area contributed by atoms with Gasteiger partial charge in [0.15, 0.2) is 0 Å². The minimum Gasteiger partial charge on any atom is -0.444 e. The van der Waals surface area contributed by atoms with Gasteiger partial charge in [-0.3, -0.25) is 4.90 Å². The number of aromatic amines is 1. The van der Waals surface area contributed by atoms with E-state index in [4.69, 9.17) is 4.74 Å². The lowest BCUT2D eigenvalue weighted by Gasteiger charge is -2.27. The van der Waals surface area contributed by atoms with E-state index >= 15 is 0 Å². The Labute approximate surface area is 133 Å². The molecule has 2 atom stereocenters. The molecule has 0 aliphatic carbocycles. The molecular weight excluding hydrogens is 278 g/mol. The highest BCUT2D eigenvalue weighted by Gasteiger charge is 2.30. The summed E-state index contributed by atoms with van der Waals surface area (Å²) in [5.41, 5.74) is 0.804. The quantitative estimate of drug-likeness (QED) is 0.929. The van der Waals surface area contributed by atoms with Crippen molar-refractivity contribution in [3.63, 3.8) is 0 Å². The number of carbonyl (C=O) groups excluding carboxylic acids is 1. The number of H-pyrrole nitrogens is 1. The number of hydrogen-bond donors (Lipinski definition) is 1. The molecule has 2 rings (SSSR count). The van der Waals surface area contributed by atoms with Gasteiger partial charge in [0.25, 0.3) is 0 Å². The maximum Gasteiger partial charge on any atom is 0.410 e. The molecule has 1 N–H and O–H groups in total. The Kier molecular flexibility index (Phi) is 5.16. The van der Waals surface area contributed by atoms with Crippen molar-refractivity contribution in [2.75, 3.05) is 26.7 Å². The van der Waals surface area contributed by atoms with E-state index < -0.39 is 5.60 Å². The first kappa shape index (κ1) is 16.9. The van der Waals surface area contributed by atoms with Crippen LogP contribution < -0.4 is 0 Å². The molecule has 22 heavy (non-hydrogen) atoms. The maximum absolute atomic E-state index is 12.1. The van der Waals surface area contributed by atoms with Crippen molar-refractivity contribution in [3.05, 3.63) is 24.0 Å². The fraction of sp³-hybridized carbons (Fsp3) is 0.706. The van der Waals surface area contributed by atoms with Gasteiger partial charge in [0.2, 0.25) is 0 Å². The summed E-state index contributed by atoms with van der Waals surface area (Å²) in [5, 5.41) is 0. The van der Waals surface area contributed by atoms with E-state index in [0.29, 0.717) is 12.0 Å². The van der Waals surface area contributed by atoms with E-state index in [1.165, 1.54) is 5.69 Å². The van der Waals surface area contributed by atoms with E-state index in [9.17, 15) is 4.79 Å². The zero-order chi connectivity index (χ0) is 16.3. The van der Waals surface area contributed by atoms with Gasteiger partial charge in [0.1, 0.15) is 5.60 Å². The molecule has 1 saturated heterocycles. The third-order valence-corrected chi connectivity index (χ3v) is 4.22. The summed E-state index contributed by atoms with van der Waals surface area (Å²) in [7, 11) is 2.14. The Bertz CT molecular complexity index is 479. The van der Waals surface area contributed by atoms with E-state index in [2.05, 4.69) is 29.9 Å². The van der Waals surface area contributed by atoms with E-state index in [-0.39, 0.29) is 6.09 Å². The molecule has 1 aromatic rings. The van der Waals surface area contributed by atoms with Crippen LogP contribution in [0.25, 0.3) is 0 Å². The molecule has 0 aromatic carbocycles. The lowest BCUT2D eigenvalue weighted by Crippen LogP contribution is -2.36. The average Bonchev–Trinajstić information content (AvgIpc) is 3.06. The summed E-state index contributed by atoms with van der Waals surface area (Å²) >= 11 is 0. The Hall–Kier alpha value is -1.49. The number of nitrogens with one attached hydrogen (secondary N) is 1. The lowest BCUT2D eigenvalue weighted by molar-refractivity contribution is 0.0285. The smallest absolute Gasteiger partial charge is 0.410 e. The summed E-state index contributed by atoms with van der Waals surface area (Å²) in [6, 6.07) is 4.49. The van der Waals surface area contributed by atoms with Gasteiger partial charge in [-0.1, -0.05) is 0 Å². The molecular formula is C17H29N3O2. The largest absolute Gasteiger partial charge is 0.444 e. The van der Waals surface area contributed by atoms with Crippen LogP contribution in [0.4, 0.5) is 4.79 Å². The van der Waals surface area contributed by atoms with E-state index in [1.54, 1.807) is 0 Å². The number of hydrogen-bond acceptors (Lipinski definition) is 3. The second-order valence-electron chi connectivity index (χ2n) is 7.32. The fourth-order valence-corrected chi connectivity index (χ4v) is 2.88. The van der Waals surface area contributed by atoms with E-state index in [0.717, 1.165) is 26.1 Å². The summed E-state index contributed by atoms with van der Waals surface area (Å²) in [5.74, 6) is 0.509. The highest BCUT2D eigenvalue weighted by Crippen LogP contribution is 2.23. The molecule has 1 aliphatic rings. The van der Waals surface area contributed by atoms with Gasteiger partial charge in [0.05, 0.1) is 0 Å². The molecule has 0 radical (unpaired) electrons. The van der Waals surface area contributed by atoms with Crippen LogP contribution in [0.3, 0.4) is 0 Å². The van der Waals surface area contributed by atoms with Crippen LogP contribution in [0.2, 0.25) is 0 Å². The molecule has 0 spiro atoms. The normalized spacial score (nSPS) is 20.5. The molecule has 5 nitrogen and oxygen atoms in total. The van der Waals surface area contributed by atoms with Crippen LogP contribution in [0.5, 0.6) is 0 Å². The van der Waals surface area contributed by atoms with Crippen LogP contribution in [0, 0.1) is 5.92 Å². The molecule has 124 valence electrons. The third-order valence-electron chi connectivity index (χ3n) is 4.22. The number of ether oxygens (including phenoxy) is 1. The second kappa shape index (κ2) is 6.73. The van der Waals surface area contributed by atoms with Crippen LogP contribution in [0.1, 0.15) is 45.9 Å². The number of likely N-dealkylation sites (tertiary alicyclic amines) is 1. The van der Waals surface area contributed by atoms with Crippen molar-refractivity contribution in [2.24, 2.45) is 5.92 Å². The van der Waals surface area contributed by atoms with Crippen molar-refractivity contribution < 1.29 is 9.53 Å². The highest BCUT2D eigenvalue weighted by atomic mass is 16.6. The van der Waals surface area contributed by atoms with Gasteiger partial charge in [-0.25, -0.2) is 4.79 Å². The van der Waals surface area contributed by atoms with Crippen LogP contribution >= 0.6 is 0 Å². The van der Waals surface area contributed by atoms with Gasteiger partial charge < -0.3 is 14.6 Å². The van der Waals surface area contributed by atoms with Crippen molar-refractivity contribution in [2.45, 2.75) is 45.8 Å². The Morgan fingerprint density at radius 1 is 1.55 bits per heavy atom. The van der Waals surface area contributed by atoms with Crippen molar-refractivity contribution >= 4 is 6.09 Å². The first-order chi connectivity index (χ1) is 10.3. The zero-order valence-corrected chi connectivity index (χ0v) is 14.4. The van der Waals surface area contributed by atoms with E-state index in [1.807, 2.05) is 37.9 Å². The average molecular weight is 307 g/mol. The van der Waals surface area contributed by atoms with Gasteiger partial charge in [0, 0.05) is 37.6 Å². The zero-order valence-electron chi connectivity index (χ0n) is 14.4. The van der Waals surface area contributed by atoms with Crippen LogP contribution in [-0.2, 0) is 4.74 Å². The first-order valence-electron chi connectivity index (χ1n) is 8.07. The number of rotatable bonds is 4. The molecule has 2 heterocycles. The second-order valence-corrected chi connectivity index (χ2v) is 7.32. The van der Waals surface area contributed by atoms with Crippen LogP contribution in [0.15, 0.2) is 18.3 Å². The molecule has 0 unspecified atom stereocenters. The molecule has 1 aromatic heterocycles. The molecule has 1 amide bonds. The number of aromatic nitrogens is 1. The minimum absolute atomic E-state index is 0.185. The lowest BCUT2D eigenvalue weighted by atomic mass is 10.1. The Morgan fingerprint density at radius 2 is 2.27 bits per heavy atom. The summed E-state index contributed by atoms with van der Waals surface area (Å²) in [6.07, 6.45) is 2.82. The molecule has 0 bridgehead atoms. The van der Waals surface area contributed by atoms with Gasteiger partial charge in [-0.05, 0) is 59.2 Å². The predicted molar refractivity (Wildman–Crippen MR) is 87.8 cm³/mol. The van der Waals surface area contributed by atoms with Crippen LogP contribution in [-0.4, -0.2) is 53.2 Å². The minimum atomic E-state index is -0.423. The Morgan fingerprint density at radius 3 is 2.86 bits per heavy atom. The molecule has 1 fully saturated rings. The summed E-state index contributed by atoms with van der Waals surface area (Å²) in [6.45, 7) is 10.5. The van der Waals surface area contributed by atoms with Crippen molar-refractivity contribution in [1.29, 1.82) is 0 Å². The van der Waals surface area contributed by atoms with Crippen molar-refractivity contribution in [3.8, 4) is 0 Å². The Balaban J connectivity index is 1.82. The molecule has 1 aliphatic heterocycles. The van der Waals surface area contributed by atoms with Gasteiger partial charge in [-0.15, -0.1) is 0 Å². The monoisotopic (exact) mass is 307 g/mol. The fourth-order valence-electron chi connectivity index (χ4n) is 2.88. The summed E-state index contributed by atoms with van der Waals surface area (Å²) < 4.78 is 5.45. The summed E-state index contributed by atoms with van der Waals surface area (Å²) in [4.78, 5) is 19.5. The predicted octanol–water partition coefficient (Wildman–Crippen LogP) is 3.26. The number of nitrogens with zero attached hydrogens (tertiary/aromatic N) is 2. The molecule has 0 saturated carbocycles. The topological polar surface area (TPSA) is 48.6 Å². The highest BCUT2D eigenvalue weighted by molar-refractivity contribution is 5.68. The number of carbonyl (C=O) groups is 1. The third kappa shape index (κ3) is 4.50. The maximum atomic E-state index is 12.1. The first-order valence-corrected chi connectivity index (χ1v) is 8.07. The number of amides is 1. The SMILES string of the molecule is C[C@@H](c1ccc[nH]1)N(C)C[C@H]1CCN(C(=O)OC(C)(C)C)C1. The molecule has 5 heteroatoms.